The molecule has 0 aromatic carbocycles. The Kier molecular flexibility index (Phi) is 44.7. The number of nitrogens with zero attached hydrogens (tertiary/aromatic N) is 12. The Morgan fingerprint density at radius 1 is 0.210 bits per heavy atom. The zero-order chi connectivity index (χ0) is 60.2. The maximum Gasteiger partial charge on any atom is 0.219 e. The van der Waals surface area contributed by atoms with E-state index in [2.05, 4.69) is 70.9 Å². The van der Waals surface area contributed by atoms with E-state index in [9.17, 15) is 28.8 Å². The van der Waals surface area contributed by atoms with Crippen molar-refractivity contribution < 1.29 is 28.8 Å². The van der Waals surface area contributed by atoms with Crippen molar-refractivity contribution in [3.8, 4) is 0 Å². The molecule has 6 aliphatic rings. The molecule has 0 N–H and O–H groups in total. The van der Waals surface area contributed by atoms with Gasteiger partial charge in [-0.1, -0.05) is 106 Å². The van der Waals surface area contributed by atoms with E-state index in [4.69, 9.17) is 0 Å². The first-order valence-corrected chi connectivity index (χ1v) is 32.8. The average molecular weight is 1150 g/mol. The molecule has 6 amide bonds. The lowest BCUT2D eigenvalue weighted by Crippen LogP contribution is -2.48. The van der Waals surface area contributed by atoms with Gasteiger partial charge in [-0.25, -0.2) is 0 Å². The molecule has 0 aromatic heterocycles. The SMILES string of the molecule is CCCCCCCN1CCN(C(C)=O)CC1.CCCCCCN1CCN(C(C)=O)CC1.CCCCCN1CCN(C(C)=O)CC1.CCCCN1CCN(C(C)=O)CC1.CCCN1CCN(C(C)=O)CC1.CCN1CCN(C(C)=O)CC1. The molecule has 6 fully saturated rings. The van der Waals surface area contributed by atoms with E-state index in [-0.39, 0.29) is 35.4 Å². The lowest BCUT2D eigenvalue weighted by molar-refractivity contribution is -0.131. The van der Waals surface area contributed by atoms with Crippen molar-refractivity contribution in [3.05, 3.63) is 0 Å². The van der Waals surface area contributed by atoms with Crippen LogP contribution in [0.4, 0.5) is 0 Å². The van der Waals surface area contributed by atoms with Crippen LogP contribution in [-0.4, -0.2) is 291 Å². The highest BCUT2D eigenvalue weighted by Gasteiger charge is 2.22. The minimum absolute atomic E-state index is 0.209. The Morgan fingerprint density at radius 3 is 0.617 bits per heavy atom. The molecule has 0 saturated carbocycles. The normalized spacial score (nSPS) is 18.8. The predicted octanol–water partition coefficient (Wildman–Crippen LogP) is 6.87. The standard InChI is InChI=1S/C13H26N2O.C12H24N2O.C11H22N2O.C10H20N2O.C9H18N2O.C8H16N2O/c1-3-4-5-6-7-8-14-9-11-15(12-10-14)13(2)16;1-3-4-5-6-7-13-8-10-14(11-9-13)12(2)15;1-3-4-5-6-12-7-9-13(10-8-12)11(2)14;1-3-4-5-11-6-8-12(9-7-11)10(2)13;1-3-4-10-5-7-11(8-6-10)9(2)12;1-3-9-4-6-10(7-5-9)8(2)11/h3-12H2,1-2H3;3-11H2,1-2H3;3-10H2,1-2H3;3-9H2,1-2H3;3-8H2,1-2H3;3-7H2,1-2H3. The highest BCUT2D eigenvalue weighted by Crippen LogP contribution is 2.10. The van der Waals surface area contributed by atoms with Crippen LogP contribution in [0, 0.1) is 0 Å². The van der Waals surface area contributed by atoms with E-state index in [0.717, 1.165) is 164 Å². The van der Waals surface area contributed by atoms with Gasteiger partial charge in [0.1, 0.15) is 0 Å². The number of carbonyl (C=O) groups excluding carboxylic acids is 6. The van der Waals surface area contributed by atoms with Gasteiger partial charge < -0.3 is 34.3 Å². The molecule has 0 atom stereocenters. The van der Waals surface area contributed by atoms with Gasteiger partial charge in [0.05, 0.1) is 0 Å². The van der Waals surface area contributed by atoms with Gasteiger partial charge in [0.25, 0.3) is 0 Å². The first-order chi connectivity index (χ1) is 38.9. The maximum absolute atomic E-state index is 11.1. The van der Waals surface area contributed by atoms with Gasteiger partial charge in [-0.2, -0.15) is 0 Å². The summed E-state index contributed by atoms with van der Waals surface area (Å²) in [5.74, 6) is 1.31. The number of rotatable bonds is 21. The third kappa shape index (κ3) is 36.8. The molecule has 0 radical (unpaired) electrons. The lowest BCUT2D eigenvalue weighted by Gasteiger charge is -2.34. The number of hydrogen-bond acceptors (Lipinski definition) is 12. The largest absolute Gasteiger partial charge is 0.340 e. The number of amides is 6. The zero-order valence-corrected chi connectivity index (χ0v) is 54.6. The Labute approximate surface area is 496 Å². The van der Waals surface area contributed by atoms with Crippen molar-refractivity contribution in [2.24, 2.45) is 0 Å². The third-order valence-electron chi connectivity index (χ3n) is 16.7. The van der Waals surface area contributed by atoms with Crippen LogP contribution >= 0.6 is 0 Å². The van der Waals surface area contributed by atoms with E-state index < -0.39 is 0 Å². The van der Waals surface area contributed by atoms with Crippen LogP contribution in [0.3, 0.4) is 0 Å². The molecule has 0 aliphatic carbocycles. The topological polar surface area (TPSA) is 141 Å². The van der Waals surface area contributed by atoms with Crippen LogP contribution in [0.1, 0.15) is 179 Å². The van der Waals surface area contributed by atoms with E-state index in [1.807, 2.05) is 29.4 Å². The minimum atomic E-state index is 0.209. The van der Waals surface area contributed by atoms with Gasteiger partial charge in [-0.05, 0) is 71.4 Å². The molecule has 0 aromatic rings. The van der Waals surface area contributed by atoms with Crippen LogP contribution in [0.5, 0.6) is 0 Å². The summed E-state index contributed by atoms with van der Waals surface area (Å²) in [5.41, 5.74) is 0. The fraction of sp³-hybridized carbons (Fsp3) is 0.905. The summed E-state index contributed by atoms with van der Waals surface area (Å²) in [5, 5.41) is 0. The number of unbranched alkanes of at least 4 members (excludes halogenated alkanes) is 10. The van der Waals surface area contributed by atoms with Crippen molar-refractivity contribution in [3.63, 3.8) is 0 Å². The summed E-state index contributed by atoms with van der Waals surface area (Å²) in [7, 11) is 0. The Hall–Kier alpha value is -3.42. The molecule has 18 nitrogen and oxygen atoms in total. The maximum atomic E-state index is 11.1. The molecule has 0 bridgehead atoms. The summed E-state index contributed by atoms with van der Waals surface area (Å²) in [4.78, 5) is 92.5. The van der Waals surface area contributed by atoms with Crippen molar-refractivity contribution in [1.82, 2.24) is 58.8 Å². The van der Waals surface area contributed by atoms with Crippen LogP contribution in [-0.2, 0) is 28.8 Å². The van der Waals surface area contributed by atoms with Crippen molar-refractivity contribution in [2.75, 3.05) is 196 Å². The van der Waals surface area contributed by atoms with Gasteiger partial charge >= 0.3 is 0 Å². The molecular weight excluding hydrogens is 1020 g/mol. The molecule has 18 heteroatoms. The van der Waals surface area contributed by atoms with Gasteiger partial charge in [0, 0.05) is 199 Å². The molecule has 6 saturated heterocycles. The first-order valence-electron chi connectivity index (χ1n) is 32.8. The Morgan fingerprint density at radius 2 is 0.395 bits per heavy atom. The van der Waals surface area contributed by atoms with E-state index in [1.54, 1.807) is 41.5 Å². The summed E-state index contributed by atoms with van der Waals surface area (Å²) in [6.07, 6.45) is 19.7. The van der Waals surface area contributed by atoms with Crippen LogP contribution in [0.25, 0.3) is 0 Å². The smallest absolute Gasteiger partial charge is 0.219 e. The highest BCUT2D eigenvalue weighted by molar-refractivity contribution is 5.75. The summed E-state index contributed by atoms with van der Waals surface area (Å²) < 4.78 is 0. The van der Waals surface area contributed by atoms with Crippen LogP contribution in [0.2, 0.25) is 0 Å². The van der Waals surface area contributed by atoms with Crippen molar-refractivity contribution >= 4 is 35.4 Å². The second-order valence-corrected chi connectivity index (χ2v) is 23.2. The van der Waals surface area contributed by atoms with Crippen molar-refractivity contribution in [1.29, 1.82) is 0 Å². The molecular formula is C63H126N12O6. The highest BCUT2D eigenvalue weighted by atomic mass is 16.2. The van der Waals surface area contributed by atoms with Crippen molar-refractivity contribution in [2.45, 2.75) is 179 Å². The lowest BCUT2D eigenvalue weighted by atomic mass is 10.1. The quantitative estimate of drug-likeness (QED) is 0.111. The number of likely N-dealkylation sites (N-methyl/N-ethyl adjacent to an activating group) is 1. The second kappa shape index (κ2) is 47.9. The second-order valence-electron chi connectivity index (χ2n) is 23.2. The van der Waals surface area contributed by atoms with E-state index >= 15 is 0 Å². The third-order valence-corrected chi connectivity index (χ3v) is 16.7. The molecule has 0 unspecified atom stereocenters. The van der Waals surface area contributed by atoms with E-state index in [0.29, 0.717) is 0 Å². The molecule has 0 spiro atoms. The molecule has 474 valence electrons. The number of hydrogen-bond donors (Lipinski definition) is 0. The summed E-state index contributed by atoms with van der Waals surface area (Å²) >= 11 is 0. The average Bonchev–Trinajstić information content (AvgIpc) is 3.47. The molecule has 6 aliphatic heterocycles. The van der Waals surface area contributed by atoms with Gasteiger partial charge in [0.2, 0.25) is 35.4 Å². The first kappa shape index (κ1) is 75.6. The molecule has 6 rings (SSSR count). The molecule has 81 heavy (non-hydrogen) atoms. The predicted molar refractivity (Wildman–Crippen MR) is 335 cm³/mol. The fourth-order valence-electron chi connectivity index (χ4n) is 10.8. The van der Waals surface area contributed by atoms with Gasteiger partial charge in [-0.3, -0.25) is 53.3 Å². The number of carbonyl (C=O) groups is 6. The minimum Gasteiger partial charge on any atom is -0.340 e. The summed E-state index contributed by atoms with van der Waals surface area (Å²) in [6, 6.07) is 0. The van der Waals surface area contributed by atoms with Crippen LogP contribution in [0.15, 0.2) is 0 Å². The van der Waals surface area contributed by atoms with Crippen LogP contribution < -0.4 is 0 Å². The monoisotopic (exact) mass is 1150 g/mol. The van der Waals surface area contributed by atoms with Gasteiger partial charge in [0.15, 0.2) is 0 Å². The molecule has 6 heterocycles. The number of piperazine rings is 6. The Balaban J connectivity index is 0.000000488. The zero-order valence-electron chi connectivity index (χ0n) is 54.6. The van der Waals surface area contributed by atoms with E-state index in [1.165, 1.54) is 129 Å². The van der Waals surface area contributed by atoms with Gasteiger partial charge in [-0.15, -0.1) is 0 Å². The Bertz CT molecular complexity index is 1610. The summed E-state index contributed by atoms with van der Waals surface area (Å²) in [6.45, 7) is 54.0. The fourth-order valence-corrected chi connectivity index (χ4v) is 10.8.